The van der Waals surface area contributed by atoms with Gasteiger partial charge in [-0.2, -0.15) is 0 Å². The molecule has 0 spiro atoms. The summed E-state index contributed by atoms with van der Waals surface area (Å²) in [5.74, 6) is -3.36. The molecule has 0 heterocycles. The minimum absolute atomic E-state index is 0.120. The third-order valence-electron chi connectivity index (χ3n) is 3.25. The number of hydrogen-bond acceptors (Lipinski definition) is 2. The second kappa shape index (κ2) is 8.18. The Morgan fingerprint density at radius 1 is 1.08 bits per heavy atom. The van der Waals surface area contributed by atoms with Gasteiger partial charge in [0.2, 0.25) is 5.91 Å². The van der Waals surface area contributed by atoms with Gasteiger partial charge in [0.15, 0.2) is 0 Å². The number of nitrogens with one attached hydrogen (secondary N) is 1. The largest absolute Gasteiger partial charge is 0.480 e. The van der Waals surface area contributed by atoms with Gasteiger partial charge in [-0.25, -0.2) is 13.6 Å². The van der Waals surface area contributed by atoms with Crippen molar-refractivity contribution in [1.29, 1.82) is 0 Å². The summed E-state index contributed by atoms with van der Waals surface area (Å²) >= 11 is 2.11. The fourth-order valence-corrected chi connectivity index (χ4v) is 2.85. The third-order valence-corrected chi connectivity index (χ3v) is 3.92. The molecule has 0 saturated carbocycles. The highest BCUT2D eigenvalue weighted by Gasteiger charge is 2.20. The third kappa shape index (κ3) is 5.55. The lowest BCUT2D eigenvalue weighted by molar-refractivity contribution is -0.141. The maximum Gasteiger partial charge on any atom is 0.326 e. The van der Waals surface area contributed by atoms with Crippen molar-refractivity contribution in [3.63, 3.8) is 0 Å². The van der Waals surface area contributed by atoms with Crippen LogP contribution in [0.1, 0.15) is 11.1 Å². The van der Waals surface area contributed by atoms with E-state index in [4.69, 9.17) is 0 Å². The SMILES string of the molecule is O=C(Cc1cc(F)cc(F)c1)N[C@H](Cc1cccc(I)c1)C(=O)O. The van der Waals surface area contributed by atoms with Crippen LogP contribution in [-0.4, -0.2) is 23.0 Å². The van der Waals surface area contributed by atoms with E-state index in [1.54, 1.807) is 12.1 Å². The Morgan fingerprint density at radius 2 is 1.75 bits per heavy atom. The Balaban J connectivity index is 2.04. The van der Waals surface area contributed by atoms with Gasteiger partial charge in [-0.15, -0.1) is 0 Å². The normalized spacial score (nSPS) is 11.8. The Bertz CT molecular complexity index is 747. The number of rotatable bonds is 6. The van der Waals surface area contributed by atoms with Crippen molar-refractivity contribution in [3.05, 3.63) is 68.8 Å². The first kappa shape index (κ1) is 18.3. The highest BCUT2D eigenvalue weighted by molar-refractivity contribution is 14.1. The molecule has 24 heavy (non-hydrogen) atoms. The number of amides is 1. The fourth-order valence-electron chi connectivity index (χ4n) is 2.24. The van der Waals surface area contributed by atoms with Crippen LogP contribution in [0.5, 0.6) is 0 Å². The van der Waals surface area contributed by atoms with Gasteiger partial charge in [0, 0.05) is 16.1 Å². The standard InChI is InChI=1S/C17H14F2INO3/c18-12-4-11(5-13(19)9-12)8-16(22)21-15(17(23)24)7-10-2-1-3-14(20)6-10/h1-6,9,15H,7-8H2,(H,21,22)(H,23,24)/t15-/m1/s1. The van der Waals surface area contributed by atoms with Crippen LogP contribution in [0.2, 0.25) is 0 Å². The molecule has 0 unspecified atom stereocenters. The molecule has 4 nitrogen and oxygen atoms in total. The Labute approximate surface area is 151 Å². The van der Waals surface area contributed by atoms with E-state index in [0.29, 0.717) is 6.07 Å². The first-order chi connectivity index (χ1) is 11.3. The summed E-state index contributed by atoms with van der Waals surface area (Å²) in [5, 5.41) is 11.7. The van der Waals surface area contributed by atoms with Crippen LogP contribution in [0.15, 0.2) is 42.5 Å². The molecule has 1 atom stereocenters. The quantitative estimate of drug-likeness (QED) is 0.673. The summed E-state index contributed by atoms with van der Waals surface area (Å²) in [4.78, 5) is 23.3. The number of aliphatic carboxylic acids is 1. The van der Waals surface area contributed by atoms with Gasteiger partial charge >= 0.3 is 5.97 Å². The van der Waals surface area contributed by atoms with E-state index in [1.807, 2.05) is 12.1 Å². The van der Waals surface area contributed by atoms with Gasteiger partial charge in [0.1, 0.15) is 17.7 Å². The second-order valence-electron chi connectivity index (χ2n) is 5.25. The van der Waals surface area contributed by atoms with Crippen molar-refractivity contribution < 1.29 is 23.5 Å². The van der Waals surface area contributed by atoms with E-state index < -0.39 is 29.6 Å². The number of benzene rings is 2. The molecule has 0 bridgehead atoms. The molecular formula is C17H14F2INO3. The summed E-state index contributed by atoms with van der Waals surface area (Å²) in [6.45, 7) is 0. The van der Waals surface area contributed by atoms with E-state index >= 15 is 0 Å². The molecule has 126 valence electrons. The monoisotopic (exact) mass is 445 g/mol. The summed E-state index contributed by atoms with van der Waals surface area (Å²) in [6.07, 6.45) is -0.180. The summed E-state index contributed by atoms with van der Waals surface area (Å²) < 4.78 is 27.2. The Morgan fingerprint density at radius 3 is 2.33 bits per heavy atom. The molecule has 2 rings (SSSR count). The van der Waals surface area contributed by atoms with Crippen LogP contribution < -0.4 is 5.32 Å². The predicted molar refractivity (Wildman–Crippen MR) is 92.5 cm³/mol. The van der Waals surface area contributed by atoms with Crippen LogP contribution in [0.4, 0.5) is 8.78 Å². The van der Waals surface area contributed by atoms with Gasteiger partial charge in [-0.3, -0.25) is 4.79 Å². The number of hydrogen-bond donors (Lipinski definition) is 2. The molecule has 2 aromatic carbocycles. The molecule has 2 aromatic rings. The van der Waals surface area contributed by atoms with E-state index in [-0.39, 0.29) is 18.4 Å². The van der Waals surface area contributed by atoms with Crippen molar-refractivity contribution in [2.75, 3.05) is 0 Å². The maximum absolute atomic E-state index is 13.1. The molecule has 0 aliphatic rings. The highest BCUT2D eigenvalue weighted by Crippen LogP contribution is 2.11. The van der Waals surface area contributed by atoms with Gasteiger partial charge in [0.05, 0.1) is 6.42 Å². The molecule has 2 N–H and O–H groups in total. The molecule has 0 aromatic heterocycles. The molecule has 0 radical (unpaired) electrons. The minimum Gasteiger partial charge on any atom is -0.480 e. The molecule has 7 heteroatoms. The fraction of sp³-hybridized carbons (Fsp3) is 0.176. The van der Waals surface area contributed by atoms with Crippen LogP contribution in [-0.2, 0) is 22.4 Å². The lowest BCUT2D eigenvalue weighted by Gasteiger charge is -2.15. The Kier molecular flexibility index (Phi) is 6.24. The molecular weight excluding hydrogens is 431 g/mol. The number of carbonyl (C=O) groups excluding carboxylic acids is 1. The first-order valence-electron chi connectivity index (χ1n) is 7.05. The van der Waals surface area contributed by atoms with E-state index in [0.717, 1.165) is 21.3 Å². The number of carboxylic acids is 1. The Hall–Kier alpha value is -2.03. The molecule has 0 aliphatic carbocycles. The second-order valence-corrected chi connectivity index (χ2v) is 6.49. The van der Waals surface area contributed by atoms with Crippen molar-refractivity contribution in [2.24, 2.45) is 0 Å². The predicted octanol–water partition coefficient (Wildman–Crippen LogP) is 2.92. The zero-order valence-corrected chi connectivity index (χ0v) is 14.6. The maximum atomic E-state index is 13.1. The number of carbonyl (C=O) groups is 2. The average molecular weight is 445 g/mol. The first-order valence-corrected chi connectivity index (χ1v) is 8.13. The van der Waals surface area contributed by atoms with Gasteiger partial charge in [-0.05, 0) is 58.0 Å². The topological polar surface area (TPSA) is 66.4 Å². The lowest BCUT2D eigenvalue weighted by Crippen LogP contribution is -2.43. The van der Waals surface area contributed by atoms with Gasteiger partial charge in [0.25, 0.3) is 0 Å². The van der Waals surface area contributed by atoms with E-state index in [9.17, 15) is 23.5 Å². The zero-order valence-electron chi connectivity index (χ0n) is 12.4. The molecule has 0 saturated heterocycles. The number of carboxylic acid groups (broad SMARTS) is 1. The van der Waals surface area contributed by atoms with Crippen molar-refractivity contribution in [1.82, 2.24) is 5.32 Å². The zero-order chi connectivity index (χ0) is 17.7. The van der Waals surface area contributed by atoms with Crippen LogP contribution in [0, 0.1) is 15.2 Å². The molecule has 1 amide bonds. The minimum atomic E-state index is -1.17. The smallest absolute Gasteiger partial charge is 0.326 e. The molecule has 0 fully saturated rings. The van der Waals surface area contributed by atoms with E-state index in [2.05, 4.69) is 27.9 Å². The lowest BCUT2D eigenvalue weighted by atomic mass is 10.1. The van der Waals surface area contributed by atoms with Gasteiger partial charge < -0.3 is 10.4 Å². The van der Waals surface area contributed by atoms with Crippen LogP contribution >= 0.6 is 22.6 Å². The number of halogens is 3. The van der Waals surface area contributed by atoms with Crippen LogP contribution in [0.3, 0.4) is 0 Å². The molecule has 0 aliphatic heterocycles. The van der Waals surface area contributed by atoms with Crippen molar-refractivity contribution >= 4 is 34.5 Å². The summed E-state index contributed by atoms with van der Waals surface area (Å²) in [6, 6.07) is 8.93. The average Bonchev–Trinajstić information content (AvgIpc) is 2.45. The van der Waals surface area contributed by atoms with Crippen molar-refractivity contribution in [2.45, 2.75) is 18.9 Å². The van der Waals surface area contributed by atoms with Crippen molar-refractivity contribution in [3.8, 4) is 0 Å². The summed E-state index contributed by atoms with van der Waals surface area (Å²) in [7, 11) is 0. The van der Waals surface area contributed by atoms with Gasteiger partial charge in [-0.1, -0.05) is 12.1 Å². The summed E-state index contributed by atoms with van der Waals surface area (Å²) in [5.41, 5.74) is 0.912. The highest BCUT2D eigenvalue weighted by atomic mass is 127. The van der Waals surface area contributed by atoms with E-state index in [1.165, 1.54) is 0 Å². The van der Waals surface area contributed by atoms with Crippen LogP contribution in [0.25, 0.3) is 0 Å².